The van der Waals surface area contributed by atoms with Gasteiger partial charge in [-0.2, -0.15) is 0 Å². The van der Waals surface area contributed by atoms with Crippen molar-refractivity contribution >= 4 is 17.2 Å². The maximum Gasteiger partial charge on any atom is 0.287 e. The van der Waals surface area contributed by atoms with E-state index in [4.69, 9.17) is 0 Å². The molecule has 0 aliphatic carbocycles. The van der Waals surface area contributed by atoms with Crippen molar-refractivity contribution < 1.29 is 10.0 Å². The van der Waals surface area contributed by atoms with Gasteiger partial charge in [-0.3, -0.25) is 10.1 Å². The number of anilines is 2. The number of hydrogen-bond acceptors (Lipinski definition) is 6. The van der Waals surface area contributed by atoms with Crippen molar-refractivity contribution in [3.05, 3.63) is 52.7 Å². The third-order valence-electron chi connectivity index (χ3n) is 3.76. The fourth-order valence-corrected chi connectivity index (χ4v) is 2.53. The number of rotatable bonds is 3. The first-order chi connectivity index (χ1) is 10.6. The number of nitrogens with zero attached hydrogens (tertiary/aromatic N) is 4. The average molecular weight is 300 g/mol. The van der Waals surface area contributed by atoms with Crippen molar-refractivity contribution in [3.8, 4) is 5.75 Å². The summed E-state index contributed by atoms with van der Waals surface area (Å²) >= 11 is 0. The lowest BCUT2D eigenvalue weighted by Gasteiger charge is -2.36. The van der Waals surface area contributed by atoms with Crippen LogP contribution >= 0.6 is 0 Å². The zero-order valence-electron chi connectivity index (χ0n) is 11.9. The highest BCUT2D eigenvalue weighted by molar-refractivity contribution is 5.51. The van der Waals surface area contributed by atoms with Crippen LogP contribution in [-0.4, -0.2) is 41.2 Å². The van der Waals surface area contributed by atoms with Gasteiger partial charge in [0.15, 0.2) is 0 Å². The fourth-order valence-electron chi connectivity index (χ4n) is 2.53. The second-order valence-electron chi connectivity index (χ2n) is 5.12. The van der Waals surface area contributed by atoms with Crippen LogP contribution in [0.4, 0.5) is 17.2 Å². The first-order valence-corrected chi connectivity index (χ1v) is 7.03. The molecule has 0 unspecified atom stereocenters. The molecule has 1 N–H and O–H groups in total. The topological polar surface area (TPSA) is 82.7 Å². The summed E-state index contributed by atoms with van der Waals surface area (Å²) in [7, 11) is 0. The third-order valence-corrected chi connectivity index (χ3v) is 3.76. The number of phenolic OH excluding ortho intramolecular Hbond substituents is 1. The van der Waals surface area contributed by atoms with E-state index < -0.39 is 4.92 Å². The SMILES string of the molecule is O=[N+]([O-])c1ccc(N2CCN(c3ccc(O)cc3)CC2)nc1. The largest absolute Gasteiger partial charge is 0.508 e. The summed E-state index contributed by atoms with van der Waals surface area (Å²) in [5.74, 6) is 1.02. The Balaban J connectivity index is 1.63. The van der Waals surface area contributed by atoms with Crippen LogP contribution in [0.25, 0.3) is 0 Å². The van der Waals surface area contributed by atoms with Gasteiger partial charge in [-0.25, -0.2) is 4.98 Å². The van der Waals surface area contributed by atoms with Gasteiger partial charge in [0.2, 0.25) is 0 Å². The lowest BCUT2D eigenvalue weighted by Crippen LogP contribution is -2.46. The van der Waals surface area contributed by atoms with E-state index in [0.29, 0.717) is 0 Å². The normalized spacial score (nSPS) is 14.9. The quantitative estimate of drug-likeness (QED) is 0.690. The molecule has 1 aromatic carbocycles. The molecule has 0 atom stereocenters. The minimum Gasteiger partial charge on any atom is -0.508 e. The molecule has 3 rings (SSSR count). The number of phenols is 1. The highest BCUT2D eigenvalue weighted by atomic mass is 16.6. The van der Waals surface area contributed by atoms with E-state index in [9.17, 15) is 15.2 Å². The Bertz CT molecular complexity index is 649. The van der Waals surface area contributed by atoms with Crippen molar-refractivity contribution in [3.63, 3.8) is 0 Å². The predicted octanol–water partition coefficient (Wildman–Crippen LogP) is 2.02. The van der Waals surface area contributed by atoms with E-state index >= 15 is 0 Å². The maximum atomic E-state index is 10.6. The zero-order chi connectivity index (χ0) is 15.5. The van der Waals surface area contributed by atoms with Gasteiger partial charge < -0.3 is 14.9 Å². The van der Waals surface area contributed by atoms with E-state index in [1.807, 2.05) is 12.1 Å². The fraction of sp³-hybridized carbons (Fsp3) is 0.267. The Morgan fingerprint density at radius 1 is 1.00 bits per heavy atom. The second kappa shape index (κ2) is 5.88. The Morgan fingerprint density at radius 3 is 2.18 bits per heavy atom. The van der Waals surface area contributed by atoms with Gasteiger partial charge in [-0.15, -0.1) is 0 Å². The number of piperazine rings is 1. The summed E-state index contributed by atoms with van der Waals surface area (Å²) < 4.78 is 0. The Morgan fingerprint density at radius 2 is 1.64 bits per heavy atom. The third kappa shape index (κ3) is 2.93. The van der Waals surface area contributed by atoms with E-state index in [-0.39, 0.29) is 11.4 Å². The van der Waals surface area contributed by atoms with E-state index in [2.05, 4.69) is 14.8 Å². The molecule has 7 nitrogen and oxygen atoms in total. The highest BCUT2D eigenvalue weighted by Crippen LogP contribution is 2.22. The Labute approximate surface area is 127 Å². The minimum absolute atomic E-state index is 0.00600. The van der Waals surface area contributed by atoms with Crippen LogP contribution in [0.5, 0.6) is 5.75 Å². The summed E-state index contributed by atoms with van der Waals surface area (Å²) in [6.45, 7) is 3.27. The van der Waals surface area contributed by atoms with Gasteiger partial charge >= 0.3 is 0 Å². The molecule has 1 aliphatic rings. The summed E-state index contributed by atoms with van der Waals surface area (Å²) in [6, 6.07) is 10.3. The molecular weight excluding hydrogens is 284 g/mol. The van der Waals surface area contributed by atoms with Crippen molar-refractivity contribution in [2.75, 3.05) is 36.0 Å². The van der Waals surface area contributed by atoms with Gasteiger partial charge in [0.05, 0.1) is 4.92 Å². The maximum absolute atomic E-state index is 10.6. The summed E-state index contributed by atoms with van der Waals surface area (Å²) in [5.41, 5.74) is 1.08. The number of aromatic hydroxyl groups is 1. The molecule has 114 valence electrons. The molecule has 0 spiro atoms. The standard InChI is InChI=1S/C15H16N4O3/c20-14-4-1-12(2-5-14)17-7-9-18(10-8-17)15-6-3-13(11-16-15)19(21)22/h1-6,11,20H,7-10H2. The summed E-state index contributed by atoms with van der Waals surface area (Å²) in [5, 5.41) is 20.0. The first kappa shape index (κ1) is 14.1. The Hall–Kier alpha value is -2.83. The number of hydrogen-bond donors (Lipinski definition) is 1. The molecule has 0 bridgehead atoms. The molecular formula is C15H16N4O3. The van der Waals surface area contributed by atoms with Crippen molar-refractivity contribution in [1.29, 1.82) is 0 Å². The highest BCUT2D eigenvalue weighted by Gasteiger charge is 2.19. The lowest BCUT2D eigenvalue weighted by molar-refractivity contribution is -0.385. The van der Waals surface area contributed by atoms with Crippen LogP contribution in [0, 0.1) is 10.1 Å². The van der Waals surface area contributed by atoms with Crippen molar-refractivity contribution in [2.24, 2.45) is 0 Å². The molecule has 22 heavy (non-hydrogen) atoms. The second-order valence-corrected chi connectivity index (χ2v) is 5.12. The van der Waals surface area contributed by atoms with Crippen molar-refractivity contribution in [2.45, 2.75) is 0 Å². The van der Waals surface area contributed by atoms with Crippen LogP contribution < -0.4 is 9.80 Å². The summed E-state index contributed by atoms with van der Waals surface area (Å²) in [6.07, 6.45) is 1.29. The van der Waals surface area contributed by atoms with Gasteiger partial charge in [0.25, 0.3) is 5.69 Å². The van der Waals surface area contributed by atoms with Crippen molar-refractivity contribution in [1.82, 2.24) is 4.98 Å². The molecule has 1 fully saturated rings. The molecule has 2 heterocycles. The number of benzene rings is 1. The van der Waals surface area contributed by atoms with Gasteiger partial charge in [0.1, 0.15) is 17.8 Å². The van der Waals surface area contributed by atoms with Gasteiger partial charge in [0, 0.05) is 37.9 Å². The van der Waals surface area contributed by atoms with E-state index in [1.54, 1.807) is 18.2 Å². The molecule has 1 aromatic heterocycles. The minimum atomic E-state index is -0.445. The zero-order valence-corrected chi connectivity index (χ0v) is 11.9. The molecule has 1 saturated heterocycles. The molecule has 7 heteroatoms. The lowest BCUT2D eigenvalue weighted by atomic mass is 10.2. The van der Waals surface area contributed by atoms with Crippen LogP contribution in [0.3, 0.4) is 0 Å². The molecule has 0 radical (unpaired) electrons. The van der Waals surface area contributed by atoms with Crippen LogP contribution in [0.2, 0.25) is 0 Å². The Kier molecular flexibility index (Phi) is 3.78. The molecule has 2 aromatic rings. The molecule has 1 aliphatic heterocycles. The monoisotopic (exact) mass is 300 g/mol. The first-order valence-electron chi connectivity index (χ1n) is 7.03. The van der Waals surface area contributed by atoms with E-state index in [1.165, 1.54) is 12.3 Å². The molecule has 0 amide bonds. The van der Waals surface area contributed by atoms with Gasteiger partial charge in [-0.05, 0) is 30.3 Å². The summed E-state index contributed by atoms with van der Waals surface area (Å²) in [4.78, 5) is 18.7. The van der Waals surface area contributed by atoms with Crippen LogP contribution in [-0.2, 0) is 0 Å². The average Bonchev–Trinajstić information content (AvgIpc) is 2.56. The number of nitro groups is 1. The van der Waals surface area contributed by atoms with E-state index in [0.717, 1.165) is 37.7 Å². The van der Waals surface area contributed by atoms with Gasteiger partial charge in [-0.1, -0.05) is 0 Å². The van der Waals surface area contributed by atoms with Crippen LogP contribution in [0.15, 0.2) is 42.6 Å². The number of pyridine rings is 1. The smallest absolute Gasteiger partial charge is 0.287 e. The predicted molar refractivity (Wildman–Crippen MR) is 83.4 cm³/mol. The molecule has 0 saturated carbocycles. The van der Waals surface area contributed by atoms with Crippen LogP contribution in [0.1, 0.15) is 0 Å². The number of aromatic nitrogens is 1.